The van der Waals surface area contributed by atoms with Gasteiger partial charge >= 0.3 is 0 Å². The summed E-state index contributed by atoms with van der Waals surface area (Å²) < 4.78 is 18.5. The molecule has 1 unspecified atom stereocenters. The lowest BCUT2D eigenvalue weighted by atomic mass is 10.2. The molecule has 8 nitrogen and oxygen atoms in total. The van der Waals surface area contributed by atoms with Crippen LogP contribution in [-0.4, -0.2) is 60.8 Å². The number of nitrogens with one attached hydrogen (secondary N) is 2. The number of nitrogens with zero attached hydrogens (tertiary/aromatic N) is 2. The zero-order chi connectivity index (χ0) is 22.9. The summed E-state index contributed by atoms with van der Waals surface area (Å²) in [5.74, 6) is -1.25. The minimum atomic E-state index is -0.849. The topological polar surface area (TPSA) is 104 Å². The summed E-state index contributed by atoms with van der Waals surface area (Å²) in [6.45, 7) is 1.91. The third-order valence-corrected chi connectivity index (χ3v) is 5.32. The molecule has 10 heteroatoms. The average Bonchev–Trinajstić information content (AvgIpc) is 3.33. The summed E-state index contributed by atoms with van der Waals surface area (Å²) in [4.78, 5) is 30.5. The number of carbonyl (C=O) groups is 2. The normalized spacial score (nSPS) is 14.2. The number of aliphatic hydroxyl groups is 1. The third kappa shape index (κ3) is 7.06. The molecule has 1 atom stereocenters. The molecule has 0 radical (unpaired) electrons. The molecule has 1 saturated heterocycles. The first-order valence-electron chi connectivity index (χ1n) is 10.4. The molecule has 0 bridgehead atoms. The third-order valence-electron chi connectivity index (χ3n) is 5.01. The van der Waals surface area contributed by atoms with Crippen LogP contribution in [-0.2, 0) is 4.79 Å². The summed E-state index contributed by atoms with van der Waals surface area (Å²) in [6.07, 6.45) is 3.44. The van der Waals surface area contributed by atoms with E-state index in [0.717, 1.165) is 24.8 Å². The fourth-order valence-corrected chi connectivity index (χ4v) is 3.34. The minimum absolute atomic E-state index is 0.00414. The number of halogens is 2. The van der Waals surface area contributed by atoms with Gasteiger partial charge in [-0.05, 0) is 43.5 Å². The Morgan fingerprint density at radius 2 is 2.00 bits per heavy atom. The molecule has 1 aromatic carbocycles. The van der Waals surface area contributed by atoms with Crippen LogP contribution in [0.15, 0.2) is 36.5 Å². The van der Waals surface area contributed by atoms with Gasteiger partial charge in [0.25, 0.3) is 11.8 Å². The van der Waals surface area contributed by atoms with Crippen molar-refractivity contribution in [3.63, 3.8) is 0 Å². The maximum absolute atomic E-state index is 13.3. The van der Waals surface area contributed by atoms with E-state index < -0.39 is 17.8 Å². The molecule has 0 aliphatic carbocycles. The molecule has 3 N–H and O–H groups in total. The number of anilines is 1. The lowest BCUT2D eigenvalue weighted by Crippen LogP contribution is -2.37. The van der Waals surface area contributed by atoms with E-state index in [2.05, 4.69) is 20.5 Å². The number of amides is 2. The Balaban J connectivity index is 1.31. The second-order valence-corrected chi connectivity index (χ2v) is 7.87. The highest BCUT2D eigenvalue weighted by molar-refractivity contribution is 6.30. The van der Waals surface area contributed by atoms with E-state index in [-0.39, 0.29) is 42.8 Å². The van der Waals surface area contributed by atoms with Gasteiger partial charge in [-0.15, -0.1) is 0 Å². The van der Waals surface area contributed by atoms with Crippen LogP contribution in [0.3, 0.4) is 0 Å². The van der Waals surface area contributed by atoms with E-state index in [4.69, 9.17) is 16.3 Å². The van der Waals surface area contributed by atoms with Gasteiger partial charge in [0.1, 0.15) is 17.3 Å². The fourth-order valence-electron chi connectivity index (χ4n) is 3.23. The highest BCUT2D eigenvalue weighted by Gasteiger charge is 2.14. The molecule has 32 heavy (non-hydrogen) atoms. The zero-order valence-corrected chi connectivity index (χ0v) is 18.3. The second kappa shape index (κ2) is 11.6. The fraction of sp³-hybridized carbons (Fsp3) is 0.409. The van der Waals surface area contributed by atoms with Gasteiger partial charge in [0.2, 0.25) is 0 Å². The molecule has 1 aliphatic rings. The van der Waals surface area contributed by atoms with E-state index >= 15 is 0 Å². The molecule has 2 aromatic rings. The van der Waals surface area contributed by atoms with Crippen LogP contribution < -0.4 is 20.3 Å². The van der Waals surface area contributed by atoms with Crippen molar-refractivity contribution in [2.75, 3.05) is 37.7 Å². The molecule has 0 saturated carbocycles. The van der Waals surface area contributed by atoms with Crippen molar-refractivity contribution in [1.82, 2.24) is 15.6 Å². The quantitative estimate of drug-likeness (QED) is 0.498. The van der Waals surface area contributed by atoms with Crippen LogP contribution in [0.5, 0.6) is 5.75 Å². The van der Waals surface area contributed by atoms with Crippen LogP contribution >= 0.6 is 11.6 Å². The van der Waals surface area contributed by atoms with Gasteiger partial charge in [-0.25, -0.2) is 9.37 Å². The number of rotatable bonds is 10. The first-order chi connectivity index (χ1) is 15.4. The SMILES string of the molecule is O=C(COc1ccc(Cl)c(F)c1)NCC(O)CCNC(=O)c1ccc(N2CCCC2)cn1. The predicted molar refractivity (Wildman–Crippen MR) is 119 cm³/mol. The zero-order valence-electron chi connectivity index (χ0n) is 17.5. The Kier molecular flexibility index (Phi) is 8.64. The number of hydrogen-bond donors (Lipinski definition) is 3. The molecule has 3 rings (SSSR count). The lowest BCUT2D eigenvalue weighted by Gasteiger charge is -2.17. The highest BCUT2D eigenvalue weighted by atomic mass is 35.5. The Labute approximate surface area is 190 Å². The smallest absolute Gasteiger partial charge is 0.269 e. The van der Waals surface area contributed by atoms with E-state index in [1.807, 2.05) is 6.07 Å². The molecule has 1 aliphatic heterocycles. The van der Waals surface area contributed by atoms with Gasteiger partial charge in [0.15, 0.2) is 6.61 Å². The average molecular weight is 465 g/mol. The van der Waals surface area contributed by atoms with Crippen molar-refractivity contribution < 1.29 is 23.8 Å². The lowest BCUT2D eigenvalue weighted by molar-refractivity contribution is -0.123. The van der Waals surface area contributed by atoms with Gasteiger partial charge in [0, 0.05) is 32.2 Å². The number of aliphatic hydroxyl groups excluding tert-OH is 1. The minimum Gasteiger partial charge on any atom is -0.484 e. The Bertz CT molecular complexity index is 923. The maximum Gasteiger partial charge on any atom is 0.269 e. The molecule has 2 heterocycles. The number of hydrogen-bond acceptors (Lipinski definition) is 6. The van der Waals surface area contributed by atoms with E-state index in [9.17, 15) is 19.1 Å². The second-order valence-electron chi connectivity index (χ2n) is 7.46. The summed E-state index contributed by atoms with van der Waals surface area (Å²) >= 11 is 5.59. The van der Waals surface area contributed by atoms with Crippen LogP contribution in [0, 0.1) is 5.82 Å². The Morgan fingerprint density at radius 1 is 1.22 bits per heavy atom. The predicted octanol–water partition coefficient (Wildman–Crippen LogP) is 2.15. The number of pyridine rings is 1. The molecule has 0 spiro atoms. The van der Waals surface area contributed by atoms with Crippen LogP contribution in [0.2, 0.25) is 5.02 Å². The molecule has 1 fully saturated rings. The standard InChI is InChI=1S/C22H26ClFN4O4/c23-18-5-4-17(11-19(18)24)32-14-21(30)27-13-16(29)7-8-25-22(31)20-6-3-15(12-26-20)28-9-1-2-10-28/h3-6,11-12,16,29H,1-2,7-10,13-14H2,(H,25,31)(H,27,30). The summed E-state index contributed by atoms with van der Waals surface area (Å²) in [5, 5.41) is 15.2. The van der Waals surface area contributed by atoms with Crippen molar-refractivity contribution in [2.24, 2.45) is 0 Å². The first kappa shape index (κ1) is 23.7. The van der Waals surface area contributed by atoms with Crippen molar-refractivity contribution in [3.8, 4) is 5.75 Å². The van der Waals surface area contributed by atoms with Gasteiger partial charge in [-0.3, -0.25) is 9.59 Å². The van der Waals surface area contributed by atoms with E-state index in [0.29, 0.717) is 5.69 Å². The molecule has 1 aromatic heterocycles. The van der Waals surface area contributed by atoms with Gasteiger partial charge in [-0.2, -0.15) is 0 Å². The Morgan fingerprint density at radius 3 is 2.69 bits per heavy atom. The van der Waals surface area contributed by atoms with Crippen molar-refractivity contribution in [2.45, 2.75) is 25.4 Å². The van der Waals surface area contributed by atoms with E-state index in [1.165, 1.54) is 25.0 Å². The molecule has 2 amide bonds. The number of ether oxygens (including phenoxy) is 1. The summed E-state index contributed by atoms with van der Waals surface area (Å²) in [6, 6.07) is 7.44. The number of carbonyl (C=O) groups excluding carboxylic acids is 2. The van der Waals surface area contributed by atoms with Crippen molar-refractivity contribution >= 4 is 29.1 Å². The monoisotopic (exact) mass is 464 g/mol. The largest absolute Gasteiger partial charge is 0.484 e. The van der Waals surface area contributed by atoms with Gasteiger partial charge in [-0.1, -0.05) is 11.6 Å². The van der Waals surface area contributed by atoms with Crippen LogP contribution in [0.25, 0.3) is 0 Å². The summed E-state index contributed by atoms with van der Waals surface area (Å²) in [7, 11) is 0. The first-order valence-corrected chi connectivity index (χ1v) is 10.8. The maximum atomic E-state index is 13.3. The van der Waals surface area contributed by atoms with Crippen LogP contribution in [0.4, 0.5) is 10.1 Å². The van der Waals surface area contributed by atoms with E-state index in [1.54, 1.807) is 12.3 Å². The molecular weight excluding hydrogens is 439 g/mol. The van der Waals surface area contributed by atoms with Crippen LogP contribution in [0.1, 0.15) is 29.8 Å². The van der Waals surface area contributed by atoms with Crippen molar-refractivity contribution in [3.05, 3.63) is 53.1 Å². The van der Waals surface area contributed by atoms with Gasteiger partial charge in [0.05, 0.1) is 23.0 Å². The number of benzene rings is 1. The molecular formula is C22H26ClFN4O4. The summed E-state index contributed by atoms with van der Waals surface area (Å²) in [5.41, 5.74) is 1.32. The Hall–Kier alpha value is -2.91. The van der Waals surface area contributed by atoms with Crippen molar-refractivity contribution in [1.29, 1.82) is 0 Å². The van der Waals surface area contributed by atoms with Gasteiger partial charge < -0.3 is 25.4 Å². The number of aromatic nitrogens is 1. The molecule has 172 valence electrons. The highest BCUT2D eigenvalue weighted by Crippen LogP contribution is 2.20.